The molecule has 2 bridgehead atoms. The van der Waals surface area contributed by atoms with Gasteiger partial charge in [0.05, 0.1) is 13.5 Å². The molecular weight excluding hydrogens is 192 g/mol. The van der Waals surface area contributed by atoms with Crippen molar-refractivity contribution in [3.63, 3.8) is 0 Å². The van der Waals surface area contributed by atoms with Crippen molar-refractivity contribution in [2.24, 2.45) is 16.7 Å². The molecule has 3 heteroatoms. The first-order chi connectivity index (χ1) is 6.94. The van der Waals surface area contributed by atoms with Gasteiger partial charge in [0.15, 0.2) is 0 Å². The van der Waals surface area contributed by atoms with Gasteiger partial charge in [-0.3, -0.25) is 9.59 Å². The van der Waals surface area contributed by atoms with Gasteiger partial charge < -0.3 is 4.74 Å². The molecule has 0 N–H and O–H groups in total. The van der Waals surface area contributed by atoms with Gasteiger partial charge in [0.1, 0.15) is 5.78 Å². The van der Waals surface area contributed by atoms with Crippen LogP contribution in [-0.4, -0.2) is 18.9 Å². The summed E-state index contributed by atoms with van der Waals surface area (Å²) in [6.07, 6.45) is 3.06. The number of hydrogen-bond acceptors (Lipinski definition) is 3. The molecule has 3 atom stereocenters. The van der Waals surface area contributed by atoms with E-state index in [1.807, 2.05) is 6.92 Å². The van der Waals surface area contributed by atoms with Crippen LogP contribution in [0.2, 0.25) is 0 Å². The quantitative estimate of drug-likeness (QED) is 0.654. The zero-order valence-electron chi connectivity index (χ0n) is 9.63. The maximum Gasteiger partial charge on any atom is 0.306 e. The van der Waals surface area contributed by atoms with Gasteiger partial charge in [0, 0.05) is 11.8 Å². The molecule has 2 aliphatic rings. The van der Waals surface area contributed by atoms with Gasteiger partial charge in [-0.05, 0) is 24.2 Å². The fraction of sp³-hybridized carbons (Fsp3) is 0.833. The van der Waals surface area contributed by atoms with Crippen LogP contribution < -0.4 is 0 Å². The summed E-state index contributed by atoms with van der Waals surface area (Å²) in [5.41, 5.74) is -0.455. The maximum absolute atomic E-state index is 11.9. The van der Waals surface area contributed by atoms with Gasteiger partial charge in [0.25, 0.3) is 0 Å². The van der Waals surface area contributed by atoms with E-state index in [4.69, 9.17) is 4.74 Å². The predicted molar refractivity (Wildman–Crippen MR) is 55.2 cm³/mol. The standard InChI is InChI=1S/C12H18O3/c1-11-5-4-8(6-9(11)13)12(11,2)7-10(14)15-3/h8H,4-7H2,1-3H3/t8-,11+,12+/m0/s1. The zero-order chi connectivity index (χ0) is 11.3. The van der Waals surface area contributed by atoms with E-state index in [0.29, 0.717) is 24.5 Å². The minimum Gasteiger partial charge on any atom is -0.469 e. The van der Waals surface area contributed by atoms with Crippen LogP contribution in [0.15, 0.2) is 0 Å². The van der Waals surface area contributed by atoms with E-state index in [-0.39, 0.29) is 16.8 Å². The van der Waals surface area contributed by atoms with E-state index in [1.165, 1.54) is 7.11 Å². The molecule has 0 unspecified atom stereocenters. The van der Waals surface area contributed by atoms with Crippen LogP contribution in [0.25, 0.3) is 0 Å². The summed E-state index contributed by atoms with van der Waals surface area (Å²) in [7, 11) is 1.41. The molecule has 0 heterocycles. The summed E-state index contributed by atoms with van der Waals surface area (Å²) in [5, 5.41) is 0. The summed E-state index contributed by atoms with van der Waals surface area (Å²) in [6.45, 7) is 4.10. The van der Waals surface area contributed by atoms with E-state index in [9.17, 15) is 9.59 Å². The summed E-state index contributed by atoms with van der Waals surface area (Å²) in [5.74, 6) is 0.532. The number of ether oxygens (including phenoxy) is 1. The van der Waals surface area contributed by atoms with Crippen LogP contribution in [0, 0.1) is 16.7 Å². The Labute approximate surface area is 90.2 Å². The lowest BCUT2D eigenvalue weighted by Crippen LogP contribution is -2.37. The lowest BCUT2D eigenvalue weighted by Gasteiger charge is -2.35. The first kappa shape index (κ1) is 10.7. The van der Waals surface area contributed by atoms with Crippen LogP contribution in [0.4, 0.5) is 0 Å². The van der Waals surface area contributed by atoms with Crippen molar-refractivity contribution < 1.29 is 14.3 Å². The maximum atomic E-state index is 11.9. The molecule has 2 aliphatic carbocycles. The number of esters is 1. The van der Waals surface area contributed by atoms with Gasteiger partial charge in [-0.1, -0.05) is 13.8 Å². The van der Waals surface area contributed by atoms with Crippen molar-refractivity contribution in [1.29, 1.82) is 0 Å². The zero-order valence-corrected chi connectivity index (χ0v) is 9.63. The SMILES string of the molecule is COC(=O)C[C@]1(C)[C@H]2CC[C@]1(C)C(=O)C2. The molecule has 84 valence electrons. The molecule has 2 saturated carbocycles. The minimum atomic E-state index is -0.286. The minimum absolute atomic E-state index is 0.169. The van der Waals surface area contributed by atoms with Gasteiger partial charge >= 0.3 is 5.97 Å². The lowest BCUT2D eigenvalue weighted by atomic mass is 9.67. The van der Waals surface area contributed by atoms with Gasteiger partial charge in [-0.15, -0.1) is 0 Å². The topological polar surface area (TPSA) is 43.4 Å². The molecule has 0 aliphatic heterocycles. The highest BCUT2D eigenvalue weighted by molar-refractivity contribution is 5.90. The summed E-state index contributed by atoms with van der Waals surface area (Å²) < 4.78 is 4.73. The first-order valence-corrected chi connectivity index (χ1v) is 5.54. The second-order valence-corrected chi connectivity index (χ2v) is 5.37. The predicted octanol–water partition coefficient (Wildman–Crippen LogP) is 1.94. The van der Waals surface area contributed by atoms with E-state index in [1.54, 1.807) is 0 Å². The van der Waals surface area contributed by atoms with Crippen LogP contribution >= 0.6 is 0 Å². The van der Waals surface area contributed by atoms with Gasteiger partial charge in [0.2, 0.25) is 0 Å². The molecule has 0 radical (unpaired) electrons. The summed E-state index contributed by atoms with van der Waals surface area (Å²) in [6, 6.07) is 0. The number of carbonyl (C=O) groups excluding carboxylic acids is 2. The Balaban J connectivity index is 2.29. The highest BCUT2D eigenvalue weighted by Crippen LogP contribution is 2.65. The van der Waals surface area contributed by atoms with Crippen molar-refractivity contribution in [2.75, 3.05) is 7.11 Å². The van der Waals surface area contributed by atoms with Crippen molar-refractivity contribution in [3.05, 3.63) is 0 Å². The molecule has 0 aromatic rings. The Hall–Kier alpha value is -0.860. The number of methoxy groups -OCH3 is 1. The third-order valence-electron chi connectivity index (χ3n) is 4.94. The molecule has 3 nitrogen and oxygen atoms in total. The smallest absolute Gasteiger partial charge is 0.306 e. The Morgan fingerprint density at radius 2 is 2.20 bits per heavy atom. The third-order valence-corrected chi connectivity index (χ3v) is 4.94. The molecule has 0 aromatic heterocycles. The van der Waals surface area contributed by atoms with Crippen molar-refractivity contribution in [1.82, 2.24) is 0 Å². The van der Waals surface area contributed by atoms with Crippen LogP contribution in [0.1, 0.15) is 39.5 Å². The summed E-state index contributed by atoms with van der Waals surface area (Å²) >= 11 is 0. The van der Waals surface area contributed by atoms with Crippen LogP contribution in [0.5, 0.6) is 0 Å². The largest absolute Gasteiger partial charge is 0.469 e. The van der Waals surface area contributed by atoms with Crippen molar-refractivity contribution >= 4 is 11.8 Å². The van der Waals surface area contributed by atoms with E-state index in [2.05, 4.69) is 6.92 Å². The van der Waals surface area contributed by atoms with E-state index in [0.717, 1.165) is 12.8 Å². The number of hydrogen-bond donors (Lipinski definition) is 0. The Kier molecular flexibility index (Phi) is 2.18. The fourth-order valence-electron chi connectivity index (χ4n) is 3.46. The number of fused-ring (bicyclic) bond motifs is 2. The molecule has 0 spiro atoms. The number of Topliss-reactive ketones (excluding diaryl/α,β-unsaturated/α-hetero) is 1. The van der Waals surface area contributed by atoms with Gasteiger partial charge in [-0.25, -0.2) is 0 Å². The Bertz CT molecular complexity index is 323. The monoisotopic (exact) mass is 210 g/mol. The Morgan fingerprint density at radius 1 is 1.53 bits per heavy atom. The van der Waals surface area contributed by atoms with E-state index < -0.39 is 0 Å². The Morgan fingerprint density at radius 3 is 2.60 bits per heavy atom. The van der Waals surface area contributed by atoms with Gasteiger partial charge in [-0.2, -0.15) is 0 Å². The first-order valence-electron chi connectivity index (χ1n) is 5.54. The lowest BCUT2D eigenvalue weighted by molar-refractivity contribution is -0.145. The van der Waals surface area contributed by atoms with Crippen molar-refractivity contribution in [2.45, 2.75) is 39.5 Å². The molecular formula is C12H18O3. The third kappa shape index (κ3) is 1.18. The molecule has 0 amide bonds. The number of ketones is 1. The molecule has 2 fully saturated rings. The second-order valence-electron chi connectivity index (χ2n) is 5.37. The second kappa shape index (κ2) is 3.06. The molecule has 2 rings (SSSR count). The average molecular weight is 210 g/mol. The highest BCUT2D eigenvalue weighted by Gasteiger charge is 2.64. The average Bonchev–Trinajstić information content (AvgIpc) is 2.52. The molecule has 0 saturated heterocycles. The van der Waals surface area contributed by atoms with Crippen LogP contribution in [0.3, 0.4) is 0 Å². The van der Waals surface area contributed by atoms with Crippen molar-refractivity contribution in [3.8, 4) is 0 Å². The number of carbonyl (C=O) groups is 2. The summed E-state index contributed by atoms with van der Waals surface area (Å²) in [4.78, 5) is 23.3. The molecule has 0 aromatic carbocycles. The highest BCUT2D eigenvalue weighted by atomic mass is 16.5. The van der Waals surface area contributed by atoms with Crippen LogP contribution in [-0.2, 0) is 14.3 Å². The molecule has 15 heavy (non-hydrogen) atoms. The van der Waals surface area contributed by atoms with E-state index >= 15 is 0 Å². The number of rotatable bonds is 2. The fourth-order valence-corrected chi connectivity index (χ4v) is 3.46. The normalized spacial score (nSPS) is 43.4.